The molecule has 4 rings (SSSR count). The van der Waals surface area contributed by atoms with Gasteiger partial charge in [-0.1, -0.05) is 71.1 Å². The highest BCUT2D eigenvalue weighted by Gasteiger charge is 2.53. The number of esters is 1. The molecule has 4 aliphatic rings. The van der Waals surface area contributed by atoms with E-state index in [-0.39, 0.29) is 61.7 Å². The van der Waals surface area contributed by atoms with E-state index >= 15 is 0 Å². The third-order valence-electron chi connectivity index (χ3n) is 17.7. The number of cyclic esters (lactones) is 1. The molecule has 0 aromatic carbocycles. The van der Waals surface area contributed by atoms with Crippen molar-refractivity contribution in [3.63, 3.8) is 0 Å². The summed E-state index contributed by atoms with van der Waals surface area (Å²) in [6.07, 6.45) is 12.9. The summed E-state index contributed by atoms with van der Waals surface area (Å²) in [6, 6.07) is -1.08. The summed E-state index contributed by atoms with van der Waals surface area (Å²) in [6.45, 7) is 22.2. The van der Waals surface area contributed by atoms with Crippen LogP contribution in [0.2, 0.25) is 0 Å². The zero-order valence-corrected chi connectivity index (χ0v) is 56.2. The van der Waals surface area contributed by atoms with E-state index in [0.717, 1.165) is 5.57 Å². The normalized spacial score (nSPS) is 32.4. The van der Waals surface area contributed by atoms with E-state index in [1.54, 1.807) is 28.1 Å². The SMILES string of the molecule is CCOCCOCCOCCOCCOCCOCCOCCNC(=O)O[C@@H]1CC[C@@H](C[C@@H](C)[C@@H]2CC[C@H](C)/C=C(\C)[C@@H](O)[C@@H](OC)C(=O)C(C)C[C@H](C)/C=C/C=C/C=C(\C)[C@@H](OC)C[C@@H]3CC[C@@H](C)[C@@](O)(O3)C(=O)C(=O)N3CCCC[C@H]3C(=O)O2)C[C@H]1OC. The number of piperidine rings is 1. The Bertz CT molecular complexity index is 2210. The van der Waals surface area contributed by atoms with Crippen LogP contribution in [-0.4, -0.2) is 226 Å². The molecule has 90 heavy (non-hydrogen) atoms. The zero-order valence-electron chi connectivity index (χ0n) is 56.2. The number of allylic oxidation sites excluding steroid dienone is 6. The maximum atomic E-state index is 14.7. The zero-order chi connectivity index (χ0) is 65.8. The van der Waals surface area contributed by atoms with Gasteiger partial charge in [-0.25, -0.2) is 9.59 Å². The molecule has 22 nitrogen and oxygen atoms in total. The van der Waals surface area contributed by atoms with Crippen LogP contribution in [0.4, 0.5) is 4.79 Å². The van der Waals surface area contributed by atoms with Gasteiger partial charge in [0.2, 0.25) is 5.79 Å². The second-order valence-corrected chi connectivity index (χ2v) is 24.9. The molecule has 1 saturated carbocycles. The summed E-state index contributed by atoms with van der Waals surface area (Å²) < 4.78 is 74.5. The highest BCUT2D eigenvalue weighted by atomic mass is 16.6. The molecule has 0 radical (unpaired) electrons. The Morgan fingerprint density at radius 3 is 1.91 bits per heavy atom. The van der Waals surface area contributed by atoms with Gasteiger partial charge < -0.3 is 82.0 Å². The van der Waals surface area contributed by atoms with Gasteiger partial charge in [0.05, 0.1) is 104 Å². The largest absolute Gasteiger partial charge is 0.461 e. The number of hydrogen-bond donors (Lipinski definition) is 3. The Hall–Kier alpha value is -4.01. The van der Waals surface area contributed by atoms with Crippen molar-refractivity contribution in [1.82, 2.24) is 10.2 Å². The van der Waals surface area contributed by atoms with Crippen LogP contribution in [0.3, 0.4) is 0 Å². The van der Waals surface area contributed by atoms with E-state index in [0.29, 0.717) is 169 Å². The minimum Gasteiger partial charge on any atom is -0.461 e. The van der Waals surface area contributed by atoms with Crippen molar-refractivity contribution >= 4 is 29.5 Å². The van der Waals surface area contributed by atoms with Crippen molar-refractivity contribution < 1.29 is 95.8 Å². The van der Waals surface area contributed by atoms with Crippen LogP contribution in [-0.2, 0) is 80.8 Å². The molecule has 1 unspecified atom stereocenters. The topological polar surface area (TPSA) is 261 Å². The molecule has 2 bridgehead atoms. The lowest BCUT2D eigenvalue weighted by atomic mass is 9.78. The van der Waals surface area contributed by atoms with Gasteiger partial charge in [0.15, 0.2) is 5.78 Å². The quantitative estimate of drug-likeness (QED) is 0.0278. The first kappa shape index (κ1) is 78.4. The number of rotatable bonds is 29. The smallest absolute Gasteiger partial charge is 0.407 e. The lowest BCUT2D eigenvalue weighted by Crippen LogP contribution is -2.61. The van der Waals surface area contributed by atoms with E-state index in [1.807, 2.05) is 78.0 Å². The highest BCUT2D eigenvalue weighted by molar-refractivity contribution is 6.39. The lowest BCUT2D eigenvalue weighted by Gasteiger charge is -2.42. The first-order valence-corrected chi connectivity index (χ1v) is 33.2. The minimum atomic E-state index is -2.42. The molecule has 3 heterocycles. The fourth-order valence-corrected chi connectivity index (χ4v) is 12.3. The lowest BCUT2D eigenvalue weighted by molar-refractivity contribution is -0.265. The number of methoxy groups -OCH3 is 3. The van der Waals surface area contributed by atoms with Gasteiger partial charge in [-0.3, -0.25) is 14.4 Å². The number of carbonyl (C=O) groups is 5. The van der Waals surface area contributed by atoms with Crippen molar-refractivity contribution in [2.24, 2.45) is 35.5 Å². The standard InChI is InChI=1S/C68H114N2O20/c1-12-81-30-31-83-34-35-85-38-39-87-41-40-86-37-36-84-33-32-82-29-27-69-67(76)89-58-26-23-54(45-60(58)79-10)44-50(5)57-25-21-48(3)43-52(7)62(72)63(80-11)61(71)51(6)42-47(2)18-14-13-15-19-49(4)59(78-9)46-55-24-22-53(8)68(77,90-55)64(73)65(74)70-28-17-16-20-56(70)66(75)88-57/h13-15,18-19,43,47-48,50-51,53-60,62-63,72,77H,12,16-17,20-42,44-46H2,1-11H3,(H,69,76)/b15-13+,18-14+,49-19+,52-43+/t47-,48+,50-,51?,53-,54+,55+,56+,57+,58-,59+,60-,62-,63+,68-/m1/s1. The number of aliphatic hydroxyl groups is 2. The van der Waals surface area contributed by atoms with Crippen molar-refractivity contribution in [2.45, 2.75) is 193 Å². The monoisotopic (exact) mass is 1280 g/mol. The third kappa shape index (κ3) is 27.5. The second kappa shape index (κ2) is 43.8. The predicted octanol–water partition coefficient (Wildman–Crippen LogP) is 7.87. The maximum Gasteiger partial charge on any atom is 0.407 e. The number of aliphatic hydroxyl groups excluding tert-OH is 1. The number of amides is 2. The van der Waals surface area contributed by atoms with Crippen LogP contribution >= 0.6 is 0 Å². The molecule has 516 valence electrons. The highest BCUT2D eigenvalue weighted by Crippen LogP contribution is 2.38. The third-order valence-corrected chi connectivity index (χ3v) is 17.7. The number of nitrogens with zero attached hydrogens (tertiary/aromatic N) is 1. The minimum absolute atomic E-state index is 0.0399. The Morgan fingerprint density at radius 2 is 1.31 bits per heavy atom. The van der Waals surface area contributed by atoms with Crippen molar-refractivity contribution in [3.05, 3.63) is 47.6 Å². The van der Waals surface area contributed by atoms with Crippen LogP contribution < -0.4 is 5.32 Å². The molecule has 3 fully saturated rings. The summed E-state index contributed by atoms with van der Waals surface area (Å²) in [5, 5.41) is 26.5. The molecule has 15 atom stereocenters. The predicted molar refractivity (Wildman–Crippen MR) is 338 cm³/mol. The molecule has 0 aromatic rings. The number of ether oxygens (including phenoxy) is 13. The van der Waals surface area contributed by atoms with Gasteiger partial charge in [0, 0.05) is 59.3 Å². The van der Waals surface area contributed by atoms with Crippen LogP contribution in [0.5, 0.6) is 0 Å². The first-order chi connectivity index (χ1) is 43.3. The molecular formula is C68H114N2O20. The first-order valence-electron chi connectivity index (χ1n) is 33.2. The second-order valence-electron chi connectivity index (χ2n) is 24.9. The van der Waals surface area contributed by atoms with Crippen LogP contribution in [0, 0.1) is 35.5 Å². The van der Waals surface area contributed by atoms with E-state index < -0.39 is 84.0 Å². The fraction of sp³-hybridized carbons (Fsp3) is 0.809. The molecule has 0 aromatic heterocycles. The molecule has 0 spiro atoms. The molecule has 2 saturated heterocycles. The Morgan fingerprint density at radius 1 is 0.689 bits per heavy atom. The van der Waals surface area contributed by atoms with Gasteiger partial charge in [0.1, 0.15) is 30.5 Å². The van der Waals surface area contributed by atoms with Gasteiger partial charge in [-0.05, 0) is 133 Å². The molecule has 22 heteroatoms. The number of hydrogen-bond acceptors (Lipinski definition) is 20. The molecule has 2 amide bonds. The Balaban J connectivity index is 1.36. The number of alkyl carbamates (subject to hydrolysis) is 1. The maximum absolute atomic E-state index is 14.7. The average Bonchev–Trinajstić information content (AvgIpc) is 0.801. The van der Waals surface area contributed by atoms with Crippen LogP contribution in [0.1, 0.15) is 139 Å². The van der Waals surface area contributed by atoms with E-state index in [4.69, 9.17) is 61.6 Å². The van der Waals surface area contributed by atoms with E-state index in [9.17, 15) is 34.2 Å². The Labute approximate surface area is 537 Å². The number of ketones is 2. The van der Waals surface area contributed by atoms with Crippen molar-refractivity contribution in [2.75, 3.05) is 127 Å². The number of carbonyl (C=O) groups excluding carboxylic acids is 5. The van der Waals surface area contributed by atoms with Crippen molar-refractivity contribution in [1.29, 1.82) is 0 Å². The fourth-order valence-electron chi connectivity index (χ4n) is 12.3. The van der Waals surface area contributed by atoms with Gasteiger partial charge in [0.25, 0.3) is 11.7 Å². The number of nitrogens with one attached hydrogen (secondary N) is 1. The molecular weight excluding hydrogens is 1160 g/mol. The van der Waals surface area contributed by atoms with Crippen LogP contribution in [0.25, 0.3) is 0 Å². The van der Waals surface area contributed by atoms with E-state index in [1.165, 1.54) is 12.0 Å². The molecule has 3 aliphatic heterocycles. The average molecular weight is 1280 g/mol. The number of fused-ring (bicyclic) bond motifs is 3. The summed E-state index contributed by atoms with van der Waals surface area (Å²) >= 11 is 0. The summed E-state index contributed by atoms with van der Waals surface area (Å²) in [7, 11) is 4.62. The summed E-state index contributed by atoms with van der Waals surface area (Å²) in [4.78, 5) is 71.7. The van der Waals surface area contributed by atoms with Gasteiger partial charge >= 0.3 is 12.1 Å². The van der Waals surface area contributed by atoms with E-state index in [2.05, 4.69) is 5.32 Å². The van der Waals surface area contributed by atoms with Gasteiger partial charge in [-0.2, -0.15) is 0 Å². The molecule has 1 aliphatic carbocycles. The summed E-state index contributed by atoms with van der Waals surface area (Å²) in [5.74, 6) is -6.61. The summed E-state index contributed by atoms with van der Waals surface area (Å²) in [5.41, 5.74) is 1.47. The molecule has 3 N–H and O–H groups in total. The Kier molecular flexibility index (Phi) is 38.2. The van der Waals surface area contributed by atoms with Crippen molar-refractivity contribution in [3.8, 4) is 0 Å². The number of Topliss-reactive ketones (excluding diaryl/α,β-unsaturated/α-hetero) is 2. The van der Waals surface area contributed by atoms with Gasteiger partial charge in [-0.15, -0.1) is 0 Å². The van der Waals surface area contributed by atoms with Crippen LogP contribution in [0.15, 0.2) is 47.6 Å².